The fraction of sp³-hybridized carbons (Fsp3) is 0.455. The molecule has 1 aromatic carbocycles. The van der Waals surface area contributed by atoms with Gasteiger partial charge in [0, 0.05) is 58.5 Å². The van der Waals surface area contributed by atoms with E-state index in [9.17, 15) is 4.79 Å². The van der Waals surface area contributed by atoms with Gasteiger partial charge in [0.15, 0.2) is 11.7 Å². The average Bonchev–Trinajstić information content (AvgIpc) is 3.32. The molecule has 0 unspecified atom stereocenters. The number of rotatable bonds is 7. The second kappa shape index (κ2) is 10.5. The summed E-state index contributed by atoms with van der Waals surface area (Å²) in [5.41, 5.74) is 1.26. The summed E-state index contributed by atoms with van der Waals surface area (Å²) < 4.78 is 5.23. The first-order chi connectivity index (χ1) is 14.2. The second-order valence-electron chi connectivity index (χ2n) is 7.00. The predicted octanol–water partition coefficient (Wildman–Crippen LogP) is 2.53. The summed E-state index contributed by atoms with van der Waals surface area (Å²) in [5.74, 6) is 1.26. The molecule has 0 atom stereocenters. The van der Waals surface area contributed by atoms with E-state index in [2.05, 4.69) is 51.3 Å². The Kier molecular flexibility index (Phi) is 7.55. The van der Waals surface area contributed by atoms with E-state index in [-0.39, 0.29) is 5.91 Å². The minimum absolute atomic E-state index is 0.0434. The zero-order valence-electron chi connectivity index (χ0n) is 17.4. The van der Waals surface area contributed by atoms with Crippen molar-refractivity contribution in [2.24, 2.45) is 4.99 Å². The summed E-state index contributed by atoms with van der Waals surface area (Å²) in [7, 11) is 1.81. The van der Waals surface area contributed by atoms with Gasteiger partial charge < -0.3 is 24.4 Å². The predicted molar refractivity (Wildman–Crippen MR) is 116 cm³/mol. The van der Waals surface area contributed by atoms with Crippen LogP contribution in [0.25, 0.3) is 0 Å². The van der Waals surface area contributed by atoms with Crippen LogP contribution in [0.5, 0.6) is 0 Å². The van der Waals surface area contributed by atoms with Crippen LogP contribution in [-0.4, -0.2) is 74.5 Å². The van der Waals surface area contributed by atoms with Gasteiger partial charge in [-0.2, -0.15) is 0 Å². The van der Waals surface area contributed by atoms with E-state index in [0.29, 0.717) is 18.8 Å². The molecule has 2 aromatic rings. The highest BCUT2D eigenvalue weighted by Crippen LogP contribution is 2.13. The van der Waals surface area contributed by atoms with Gasteiger partial charge in [0.2, 0.25) is 0 Å². The Morgan fingerprint density at radius 3 is 2.45 bits per heavy atom. The molecule has 0 spiro atoms. The normalized spacial score (nSPS) is 14.8. The minimum Gasteiger partial charge on any atom is -0.459 e. The van der Waals surface area contributed by atoms with Gasteiger partial charge in [0.25, 0.3) is 5.91 Å². The Morgan fingerprint density at radius 1 is 1.10 bits per heavy atom. The number of guanidine groups is 1. The Hall–Kier alpha value is -2.96. The molecule has 1 N–H and O–H groups in total. The zero-order valence-corrected chi connectivity index (χ0v) is 17.4. The summed E-state index contributed by atoms with van der Waals surface area (Å²) in [6.07, 6.45) is 2.56. The van der Waals surface area contributed by atoms with Crippen LogP contribution < -0.4 is 10.2 Å². The maximum Gasteiger partial charge on any atom is 0.289 e. The molecule has 1 saturated heterocycles. The topological polar surface area (TPSA) is 64.3 Å². The number of aliphatic imine (C=N–C) groups is 1. The Labute approximate surface area is 173 Å². The van der Waals surface area contributed by atoms with Gasteiger partial charge in [-0.25, -0.2) is 0 Å². The number of nitrogens with zero attached hydrogens (tertiary/aromatic N) is 4. The third-order valence-corrected chi connectivity index (χ3v) is 5.20. The van der Waals surface area contributed by atoms with Crippen molar-refractivity contribution in [2.45, 2.75) is 13.3 Å². The zero-order chi connectivity index (χ0) is 20.5. The van der Waals surface area contributed by atoms with Crippen molar-refractivity contribution in [3.8, 4) is 0 Å². The third-order valence-electron chi connectivity index (χ3n) is 5.20. The number of benzene rings is 1. The van der Waals surface area contributed by atoms with Crippen LogP contribution in [0.1, 0.15) is 23.9 Å². The van der Waals surface area contributed by atoms with E-state index >= 15 is 0 Å². The summed E-state index contributed by atoms with van der Waals surface area (Å²) >= 11 is 0. The molecule has 7 heteroatoms. The number of hydrogen-bond acceptors (Lipinski definition) is 4. The van der Waals surface area contributed by atoms with Gasteiger partial charge in [-0.1, -0.05) is 18.2 Å². The molecule has 1 aliphatic rings. The number of furan rings is 1. The minimum atomic E-state index is -0.0434. The second-order valence-corrected chi connectivity index (χ2v) is 7.00. The molecule has 7 nitrogen and oxygen atoms in total. The first-order valence-corrected chi connectivity index (χ1v) is 10.3. The summed E-state index contributed by atoms with van der Waals surface area (Å²) in [6, 6.07) is 14.0. The number of piperazine rings is 1. The third kappa shape index (κ3) is 5.53. The Morgan fingerprint density at radius 2 is 1.83 bits per heavy atom. The SMILES string of the molecule is CCN(CCCNC(=NC)N1CCN(C(=O)c2ccco2)CC1)c1ccccc1. The number of nitrogens with one attached hydrogen (secondary N) is 1. The molecule has 1 amide bonds. The van der Waals surface area contributed by atoms with Gasteiger partial charge >= 0.3 is 0 Å². The summed E-state index contributed by atoms with van der Waals surface area (Å²) in [5, 5.41) is 3.47. The molecule has 1 fully saturated rings. The smallest absolute Gasteiger partial charge is 0.289 e. The number of amides is 1. The summed E-state index contributed by atoms with van der Waals surface area (Å²) in [6.45, 7) is 7.88. The number of carbonyl (C=O) groups is 1. The quantitative estimate of drug-likeness (QED) is 0.442. The van der Waals surface area contributed by atoms with Crippen LogP contribution in [0.2, 0.25) is 0 Å². The molecule has 2 heterocycles. The van der Waals surface area contributed by atoms with Crippen molar-refractivity contribution in [3.63, 3.8) is 0 Å². The van der Waals surface area contributed by atoms with Crippen LogP contribution in [0.15, 0.2) is 58.1 Å². The molecular weight excluding hydrogens is 366 g/mol. The standard InChI is InChI=1S/C22H31N5O2/c1-3-25(19-9-5-4-6-10-19)13-8-12-24-22(23-2)27-16-14-26(15-17-27)21(28)20-11-7-18-29-20/h4-7,9-11,18H,3,8,12-17H2,1-2H3,(H,23,24). The number of carbonyl (C=O) groups excluding carboxylic acids is 1. The highest BCUT2D eigenvalue weighted by atomic mass is 16.3. The molecular formula is C22H31N5O2. The fourth-order valence-electron chi connectivity index (χ4n) is 3.59. The van der Waals surface area contributed by atoms with E-state index in [1.165, 1.54) is 12.0 Å². The van der Waals surface area contributed by atoms with Crippen LogP contribution in [0.4, 0.5) is 5.69 Å². The maximum atomic E-state index is 12.4. The van der Waals surface area contributed by atoms with Crippen LogP contribution >= 0.6 is 0 Å². The molecule has 3 rings (SSSR count). The lowest BCUT2D eigenvalue weighted by Gasteiger charge is -2.36. The van der Waals surface area contributed by atoms with Gasteiger partial charge in [-0.3, -0.25) is 9.79 Å². The first-order valence-electron chi connectivity index (χ1n) is 10.3. The fourth-order valence-corrected chi connectivity index (χ4v) is 3.59. The largest absolute Gasteiger partial charge is 0.459 e. The molecule has 156 valence electrons. The van der Waals surface area contributed by atoms with Crippen molar-refractivity contribution in [1.82, 2.24) is 15.1 Å². The van der Waals surface area contributed by atoms with E-state index in [4.69, 9.17) is 4.42 Å². The van der Waals surface area contributed by atoms with Crippen molar-refractivity contribution in [2.75, 3.05) is 57.8 Å². The lowest BCUT2D eigenvalue weighted by atomic mass is 10.2. The Bertz CT molecular complexity index is 768. The van der Waals surface area contributed by atoms with Gasteiger partial charge in [-0.05, 0) is 37.6 Å². The lowest BCUT2D eigenvalue weighted by molar-refractivity contribution is 0.0658. The van der Waals surface area contributed by atoms with Gasteiger partial charge in [0.1, 0.15) is 0 Å². The molecule has 1 aliphatic heterocycles. The van der Waals surface area contributed by atoms with Gasteiger partial charge in [-0.15, -0.1) is 0 Å². The lowest BCUT2D eigenvalue weighted by Crippen LogP contribution is -2.54. The van der Waals surface area contributed by atoms with Crippen molar-refractivity contribution in [1.29, 1.82) is 0 Å². The van der Waals surface area contributed by atoms with Crippen LogP contribution in [-0.2, 0) is 0 Å². The monoisotopic (exact) mass is 397 g/mol. The number of para-hydroxylation sites is 1. The van der Waals surface area contributed by atoms with Crippen molar-refractivity contribution < 1.29 is 9.21 Å². The molecule has 0 aliphatic carbocycles. The van der Waals surface area contributed by atoms with E-state index in [1.807, 2.05) is 18.0 Å². The van der Waals surface area contributed by atoms with Crippen molar-refractivity contribution >= 4 is 17.6 Å². The molecule has 0 saturated carbocycles. The van der Waals surface area contributed by atoms with E-state index < -0.39 is 0 Å². The van der Waals surface area contributed by atoms with Crippen molar-refractivity contribution in [3.05, 3.63) is 54.5 Å². The van der Waals surface area contributed by atoms with E-state index in [0.717, 1.165) is 45.1 Å². The van der Waals surface area contributed by atoms with Gasteiger partial charge in [0.05, 0.1) is 6.26 Å². The Balaban J connectivity index is 1.41. The molecule has 29 heavy (non-hydrogen) atoms. The molecule has 0 bridgehead atoms. The van der Waals surface area contributed by atoms with Crippen LogP contribution in [0, 0.1) is 0 Å². The highest BCUT2D eigenvalue weighted by Gasteiger charge is 2.25. The number of hydrogen-bond donors (Lipinski definition) is 1. The molecule has 0 radical (unpaired) electrons. The first kappa shape index (κ1) is 20.8. The average molecular weight is 398 g/mol. The molecule has 1 aromatic heterocycles. The maximum absolute atomic E-state index is 12.4. The summed E-state index contributed by atoms with van der Waals surface area (Å²) in [4.78, 5) is 23.2. The van der Waals surface area contributed by atoms with Crippen LogP contribution in [0.3, 0.4) is 0 Å². The number of anilines is 1. The highest BCUT2D eigenvalue weighted by molar-refractivity contribution is 5.91. The van der Waals surface area contributed by atoms with E-state index in [1.54, 1.807) is 12.1 Å².